The molecule has 0 aliphatic carbocycles. The van der Waals surface area contributed by atoms with Crippen molar-refractivity contribution in [3.63, 3.8) is 0 Å². The second kappa shape index (κ2) is 4.50. The summed E-state index contributed by atoms with van der Waals surface area (Å²) in [6, 6.07) is 6.07. The van der Waals surface area contributed by atoms with E-state index in [2.05, 4.69) is 18.8 Å². The molecule has 3 rings (SSSR count). The van der Waals surface area contributed by atoms with E-state index in [1.54, 1.807) is 6.33 Å². The molecule has 2 N–H and O–H groups in total. The smallest absolute Gasteiger partial charge is 0.162 e. The van der Waals surface area contributed by atoms with Crippen molar-refractivity contribution in [2.24, 2.45) is 0 Å². The van der Waals surface area contributed by atoms with E-state index in [4.69, 9.17) is 15.2 Å². The molecule has 1 aromatic heterocycles. The summed E-state index contributed by atoms with van der Waals surface area (Å²) in [7, 11) is 0. The molecule has 0 unspecified atom stereocenters. The molecule has 5 nitrogen and oxygen atoms in total. The lowest BCUT2D eigenvalue weighted by Crippen LogP contribution is -2.15. The molecule has 0 fully saturated rings. The Morgan fingerprint density at radius 2 is 1.95 bits per heavy atom. The number of hydrogen-bond acceptors (Lipinski definition) is 4. The molecule has 19 heavy (non-hydrogen) atoms. The van der Waals surface area contributed by atoms with Gasteiger partial charge in [0, 0.05) is 11.6 Å². The Morgan fingerprint density at radius 3 is 2.63 bits per heavy atom. The molecule has 1 aliphatic heterocycles. The van der Waals surface area contributed by atoms with Gasteiger partial charge in [0.15, 0.2) is 11.5 Å². The van der Waals surface area contributed by atoms with E-state index < -0.39 is 0 Å². The summed E-state index contributed by atoms with van der Waals surface area (Å²) in [6.45, 7) is 5.32. The van der Waals surface area contributed by atoms with Crippen LogP contribution in [0.4, 0.5) is 5.82 Å². The van der Waals surface area contributed by atoms with Gasteiger partial charge < -0.3 is 19.8 Å². The average molecular weight is 259 g/mol. The molecule has 0 amide bonds. The Labute approximate surface area is 112 Å². The van der Waals surface area contributed by atoms with Gasteiger partial charge in [0.05, 0.1) is 6.33 Å². The number of ether oxygens (including phenoxy) is 2. The first-order valence-corrected chi connectivity index (χ1v) is 6.39. The van der Waals surface area contributed by atoms with Gasteiger partial charge in [-0.1, -0.05) is 0 Å². The molecule has 0 saturated heterocycles. The summed E-state index contributed by atoms with van der Waals surface area (Å²) in [4.78, 5) is 4.40. The number of nitrogens with zero attached hydrogens (tertiary/aromatic N) is 2. The third-order valence-electron chi connectivity index (χ3n) is 3.20. The van der Waals surface area contributed by atoms with Crippen LogP contribution in [-0.2, 0) is 0 Å². The minimum Gasteiger partial charge on any atom is -0.486 e. The van der Waals surface area contributed by atoms with E-state index >= 15 is 0 Å². The number of nitrogens with two attached hydrogens (primary N) is 1. The van der Waals surface area contributed by atoms with Crippen LogP contribution in [0.3, 0.4) is 0 Å². The Balaban J connectivity index is 2.02. The van der Waals surface area contributed by atoms with Gasteiger partial charge in [-0.2, -0.15) is 0 Å². The van der Waals surface area contributed by atoms with Crippen LogP contribution in [0.25, 0.3) is 11.3 Å². The predicted octanol–water partition coefficient (Wildman–Crippen LogP) is 2.48. The highest BCUT2D eigenvalue weighted by Gasteiger charge is 2.16. The van der Waals surface area contributed by atoms with E-state index in [0.717, 1.165) is 22.8 Å². The molecule has 0 spiro atoms. The van der Waals surface area contributed by atoms with E-state index in [9.17, 15) is 0 Å². The number of hydrogen-bond donors (Lipinski definition) is 1. The highest BCUT2D eigenvalue weighted by Crippen LogP contribution is 2.36. The van der Waals surface area contributed by atoms with E-state index in [0.29, 0.717) is 25.1 Å². The van der Waals surface area contributed by atoms with Crippen molar-refractivity contribution in [3.05, 3.63) is 24.5 Å². The minimum absolute atomic E-state index is 0.290. The Bertz CT molecular complexity index is 605. The van der Waals surface area contributed by atoms with E-state index in [1.807, 2.05) is 22.8 Å². The Kier molecular flexibility index (Phi) is 2.81. The normalized spacial score (nSPS) is 13.8. The molecule has 0 atom stereocenters. The molecular weight excluding hydrogens is 242 g/mol. The number of nitrogen functional groups attached to an aromatic ring is 1. The lowest BCUT2D eigenvalue weighted by Gasteiger charge is -2.18. The van der Waals surface area contributed by atoms with Crippen LogP contribution >= 0.6 is 0 Å². The van der Waals surface area contributed by atoms with Crippen molar-refractivity contribution >= 4 is 5.82 Å². The van der Waals surface area contributed by atoms with Gasteiger partial charge in [-0.15, -0.1) is 0 Å². The van der Waals surface area contributed by atoms with Crippen molar-refractivity contribution in [1.29, 1.82) is 0 Å². The SMILES string of the molecule is CC(C)n1cnc(-c2ccc3c(c2)OCCO3)c1N. The summed E-state index contributed by atoms with van der Waals surface area (Å²) >= 11 is 0. The summed E-state index contributed by atoms with van der Waals surface area (Å²) in [5, 5.41) is 0. The molecule has 2 heterocycles. The fourth-order valence-corrected chi connectivity index (χ4v) is 2.20. The standard InChI is InChI=1S/C14H17N3O2/c1-9(2)17-8-16-13(14(17)15)10-3-4-11-12(7-10)19-6-5-18-11/h3-4,7-9H,5-6,15H2,1-2H3. The third-order valence-corrected chi connectivity index (χ3v) is 3.20. The van der Waals surface area contributed by atoms with Crippen LogP contribution in [0, 0.1) is 0 Å². The second-order valence-corrected chi connectivity index (χ2v) is 4.84. The number of benzene rings is 1. The maximum Gasteiger partial charge on any atom is 0.162 e. The molecule has 1 aromatic carbocycles. The quantitative estimate of drug-likeness (QED) is 0.900. The van der Waals surface area contributed by atoms with Gasteiger partial charge >= 0.3 is 0 Å². The lowest BCUT2D eigenvalue weighted by atomic mass is 10.1. The average Bonchev–Trinajstić information content (AvgIpc) is 2.80. The fraction of sp³-hybridized carbons (Fsp3) is 0.357. The molecular formula is C14H17N3O2. The summed E-state index contributed by atoms with van der Waals surface area (Å²) in [5.74, 6) is 2.20. The van der Waals surface area contributed by atoms with Crippen LogP contribution in [0.2, 0.25) is 0 Å². The molecule has 0 bridgehead atoms. The van der Waals surface area contributed by atoms with Crippen LogP contribution in [0.5, 0.6) is 11.5 Å². The van der Waals surface area contributed by atoms with Crippen molar-refractivity contribution < 1.29 is 9.47 Å². The number of aromatic nitrogens is 2. The van der Waals surface area contributed by atoms with Crippen LogP contribution in [0.1, 0.15) is 19.9 Å². The zero-order valence-corrected chi connectivity index (χ0v) is 11.1. The zero-order valence-electron chi connectivity index (χ0n) is 11.1. The number of anilines is 1. The first-order valence-electron chi connectivity index (χ1n) is 6.39. The number of rotatable bonds is 2. The van der Waals surface area contributed by atoms with Gasteiger partial charge in [-0.3, -0.25) is 0 Å². The van der Waals surface area contributed by atoms with Crippen molar-refractivity contribution in [3.8, 4) is 22.8 Å². The Hall–Kier alpha value is -2.17. The van der Waals surface area contributed by atoms with Crippen LogP contribution in [-0.4, -0.2) is 22.8 Å². The molecule has 0 saturated carbocycles. The molecule has 0 radical (unpaired) electrons. The van der Waals surface area contributed by atoms with Gasteiger partial charge in [-0.25, -0.2) is 4.98 Å². The number of imidazole rings is 1. The highest BCUT2D eigenvalue weighted by atomic mass is 16.6. The summed E-state index contributed by atoms with van der Waals surface area (Å²) in [5.41, 5.74) is 7.87. The molecule has 5 heteroatoms. The summed E-state index contributed by atoms with van der Waals surface area (Å²) in [6.07, 6.45) is 1.77. The van der Waals surface area contributed by atoms with Crippen molar-refractivity contribution in [2.45, 2.75) is 19.9 Å². The highest BCUT2D eigenvalue weighted by molar-refractivity contribution is 5.72. The van der Waals surface area contributed by atoms with Gasteiger partial charge in [0.2, 0.25) is 0 Å². The maximum atomic E-state index is 6.14. The molecule has 100 valence electrons. The molecule has 1 aliphatic rings. The van der Waals surface area contributed by atoms with E-state index in [1.165, 1.54) is 0 Å². The third kappa shape index (κ3) is 2.01. The number of fused-ring (bicyclic) bond motifs is 1. The van der Waals surface area contributed by atoms with Crippen LogP contribution < -0.4 is 15.2 Å². The summed E-state index contributed by atoms with van der Waals surface area (Å²) < 4.78 is 13.0. The van der Waals surface area contributed by atoms with Gasteiger partial charge in [0.1, 0.15) is 24.7 Å². The molecule has 2 aromatic rings. The second-order valence-electron chi connectivity index (χ2n) is 4.84. The van der Waals surface area contributed by atoms with Crippen LogP contribution in [0.15, 0.2) is 24.5 Å². The zero-order chi connectivity index (χ0) is 13.4. The monoisotopic (exact) mass is 259 g/mol. The van der Waals surface area contributed by atoms with E-state index in [-0.39, 0.29) is 0 Å². The topological polar surface area (TPSA) is 62.3 Å². The minimum atomic E-state index is 0.290. The lowest BCUT2D eigenvalue weighted by molar-refractivity contribution is 0.171. The van der Waals surface area contributed by atoms with Crippen molar-refractivity contribution in [1.82, 2.24) is 9.55 Å². The van der Waals surface area contributed by atoms with Crippen molar-refractivity contribution in [2.75, 3.05) is 18.9 Å². The first-order chi connectivity index (χ1) is 9.16. The predicted molar refractivity (Wildman–Crippen MR) is 73.5 cm³/mol. The largest absolute Gasteiger partial charge is 0.486 e. The fourth-order valence-electron chi connectivity index (χ4n) is 2.20. The first kappa shape index (κ1) is 11.9. The maximum absolute atomic E-state index is 6.14. The van der Waals surface area contributed by atoms with Gasteiger partial charge in [0.25, 0.3) is 0 Å². The Morgan fingerprint density at radius 1 is 1.21 bits per heavy atom. The van der Waals surface area contributed by atoms with Gasteiger partial charge in [-0.05, 0) is 32.0 Å².